The van der Waals surface area contributed by atoms with Gasteiger partial charge in [0.15, 0.2) is 10.3 Å². The number of halogens is 8. The van der Waals surface area contributed by atoms with E-state index >= 15 is 0 Å². The number of fused-ring (bicyclic) bond motifs is 2. The van der Waals surface area contributed by atoms with Crippen molar-refractivity contribution < 1.29 is 35.1 Å². The van der Waals surface area contributed by atoms with Gasteiger partial charge in [0, 0.05) is 42.4 Å². The summed E-state index contributed by atoms with van der Waals surface area (Å²) < 4.78 is 119. The molecule has 0 spiro atoms. The van der Waals surface area contributed by atoms with E-state index in [2.05, 4.69) is 0 Å². The van der Waals surface area contributed by atoms with Gasteiger partial charge in [0.05, 0.1) is 0 Å². The summed E-state index contributed by atoms with van der Waals surface area (Å²) in [4.78, 5) is 0. The van der Waals surface area contributed by atoms with E-state index in [0.717, 1.165) is 0 Å². The van der Waals surface area contributed by atoms with Crippen molar-refractivity contribution in [2.75, 3.05) is 0 Å². The molecule has 0 aliphatic heterocycles. The average Bonchev–Trinajstić information content (AvgIpc) is 3.23. The second-order valence-corrected chi connectivity index (χ2v) is 8.97. The first-order valence-electron chi connectivity index (χ1n) is 8.73. The zero-order valence-electron chi connectivity index (χ0n) is 15.0. The minimum absolute atomic E-state index is 0.104. The Kier molecular flexibility index (Phi) is 4.15. The minimum Gasteiger partial charge on any atom is -0.194 e. The van der Waals surface area contributed by atoms with Crippen molar-refractivity contribution in [3.8, 4) is 0 Å². The van der Waals surface area contributed by atoms with Crippen LogP contribution in [0.1, 0.15) is 11.1 Å². The first-order valence-corrected chi connectivity index (χ1v) is 10.4. The molecule has 0 fully saturated rings. The summed E-state index contributed by atoms with van der Waals surface area (Å²) in [5.41, 5.74) is -5.90. The van der Waals surface area contributed by atoms with Crippen LogP contribution in [-0.2, 0) is 0 Å². The summed E-state index contributed by atoms with van der Waals surface area (Å²) in [5.74, 6) is -16.8. The third-order valence-corrected chi connectivity index (χ3v) is 7.19. The monoisotopic (exact) mass is 476 g/mol. The molecule has 4 aromatic rings. The van der Waals surface area contributed by atoms with Crippen molar-refractivity contribution in [2.24, 2.45) is 0 Å². The third kappa shape index (κ3) is 2.46. The Bertz CT molecular complexity index is 1290. The Morgan fingerprint density at radius 1 is 0.548 bits per heavy atom. The smallest absolute Gasteiger partial charge is 0.194 e. The molecule has 0 saturated heterocycles. The third-order valence-electron chi connectivity index (χ3n) is 5.27. The Balaban J connectivity index is 2.00. The molecule has 0 unspecified atom stereocenters. The fourth-order valence-electron chi connectivity index (χ4n) is 3.89. The maximum Gasteiger partial charge on any atom is 0.380 e. The summed E-state index contributed by atoms with van der Waals surface area (Å²) >= 11 is 0.717. The molecule has 160 valence electrons. The van der Waals surface area contributed by atoms with Crippen LogP contribution in [0.3, 0.4) is 0 Å². The van der Waals surface area contributed by atoms with Crippen LogP contribution in [0.2, 0.25) is 0 Å². The fraction of sp³-hybridized carbons (Fsp3) is 0.143. The van der Waals surface area contributed by atoms with Crippen LogP contribution in [0.15, 0.2) is 48.5 Å². The van der Waals surface area contributed by atoms with Crippen molar-refractivity contribution in [1.29, 1.82) is 0 Å². The number of hydrogen-bond donors (Lipinski definition) is 0. The molecule has 2 aromatic heterocycles. The molecule has 0 radical (unpaired) electrons. The van der Waals surface area contributed by atoms with E-state index in [-0.39, 0.29) is 20.2 Å². The highest BCUT2D eigenvalue weighted by Crippen LogP contribution is 2.66. The predicted octanol–water partition coefficient (Wildman–Crippen LogP) is 8.22. The van der Waals surface area contributed by atoms with Crippen LogP contribution >= 0.6 is 22.7 Å². The summed E-state index contributed by atoms with van der Waals surface area (Å²) in [6.07, 6.45) is 0. The average molecular weight is 476 g/mol. The van der Waals surface area contributed by atoms with Crippen LogP contribution in [0.5, 0.6) is 0 Å². The van der Waals surface area contributed by atoms with Crippen LogP contribution in [-0.4, -0.2) is 17.8 Å². The van der Waals surface area contributed by atoms with Crippen molar-refractivity contribution in [3.63, 3.8) is 0 Å². The van der Waals surface area contributed by atoms with Gasteiger partial charge in [-0.3, -0.25) is 0 Å². The molecule has 1 aliphatic rings. The molecule has 31 heavy (non-hydrogen) atoms. The number of allylic oxidation sites excluding steroid dienone is 2. The Morgan fingerprint density at radius 3 is 1.29 bits per heavy atom. The maximum atomic E-state index is 15.0. The lowest BCUT2D eigenvalue weighted by Gasteiger charge is -2.25. The van der Waals surface area contributed by atoms with Gasteiger partial charge in [-0.1, -0.05) is 36.4 Å². The molecule has 0 bridgehead atoms. The van der Waals surface area contributed by atoms with E-state index in [1.54, 1.807) is 0 Å². The second kappa shape index (κ2) is 6.29. The molecule has 0 saturated carbocycles. The zero-order chi connectivity index (χ0) is 22.3. The topological polar surface area (TPSA) is 0 Å². The van der Waals surface area contributed by atoms with Crippen LogP contribution in [0, 0.1) is 10.3 Å². The molecule has 1 aliphatic carbocycles. The highest BCUT2D eigenvalue weighted by molar-refractivity contribution is 7.18. The number of benzene rings is 2. The largest absolute Gasteiger partial charge is 0.380 e. The Hall–Kier alpha value is -2.46. The first-order chi connectivity index (χ1) is 14.5. The van der Waals surface area contributed by atoms with E-state index in [0.29, 0.717) is 22.7 Å². The first kappa shape index (κ1) is 20.4. The van der Waals surface area contributed by atoms with Gasteiger partial charge in [0.1, 0.15) is 0 Å². The summed E-state index contributed by atoms with van der Waals surface area (Å²) in [5, 5.41) is -3.13. The molecule has 0 amide bonds. The van der Waals surface area contributed by atoms with Crippen LogP contribution in [0.4, 0.5) is 35.1 Å². The Morgan fingerprint density at radius 2 is 0.903 bits per heavy atom. The molecule has 10 heteroatoms. The van der Waals surface area contributed by atoms with Gasteiger partial charge in [-0.05, 0) is 12.1 Å². The van der Waals surface area contributed by atoms with Gasteiger partial charge in [-0.15, -0.1) is 22.7 Å². The number of thiophene rings is 2. The van der Waals surface area contributed by atoms with Gasteiger partial charge in [-0.2, -0.15) is 35.1 Å². The molecule has 0 atom stereocenters. The fourth-order valence-corrected chi connectivity index (χ4v) is 5.75. The highest BCUT2D eigenvalue weighted by atomic mass is 32.1. The lowest BCUT2D eigenvalue weighted by molar-refractivity contribution is -0.254. The molecule has 0 nitrogen and oxygen atoms in total. The van der Waals surface area contributed by atoms with Crippen molar-refractivity contribution in [1.82, 2.24) is 0 Å². The molecular weight excluding hydrogens is 468 g/mol. The van der Waals surface area contributed by atoms with Crippen molar-refractivity contribution in [2.45, 2.75) is 17.8 Å². The molecule has 5 rings (SSSR count). The summed E-state index contributed by atoms with van der Waals surface area (Å²) in [7, 11) is 0. The lowest BCUT2D eigenvalue weighted by atomic mass is 9.94. The van der Waals surface area contributed by atoms with E-state index < -0.39 is 50.3 Å². The maximum absolute atomic E-state index is 15.0. The van der Waals surface area contributed by atoms with E-state index in [1.807, 2.05) is 0 Å². The Labute approximate surface area is 177 Å². The minimum atomic E-state index is -5.89. The number of rotatable bonds is 2. The van der Waals surface area contributed by atoms with Gasteiger partial charge >= 0.3 is 17.8 Å². The predicted molar refractivity (Wildman–Crippen MR) is 105 cm³/mol. The van der Waals surface area contributed by atoms with Crippen molar-refractivity contribution in [3.05, 3.63) is 69.9 Å². The normalized spacial score (nSPS) is 19.6. The van der Waals surface area contributed by atoms with Gasteiger partial charge in [0.25, 0.3) is 0 Å². The number of alkyl halides is 6. The van der Waals surface area contributed by atoms with Crippen molar-refractivity contribution >= 4 is 54.0 Å². The van der Waals surface area contributed by atoms with E-state index in [9.17, 15) is 35.1 Å². The molecule has 2 aromatic carbocycles. The molecule has 0 N–H and O–H groups in total. The SMILES string of the molecule is Fc1sc2ccccc2c1C1=C(c2c(F)sc3ccccc23)C(F)(F)C(F)(F)C1(F)F. The quantitative estimate of drug-likeness (QED) is 0.256. The molecular formula is C21H8F8S2. The van der Waals surface area contributed by atoms with Crippen LogP contribution in [0.25, 0.3) is 31.3 Å². The van der Waals surface area contributed by atoms with E-state index in [1.165, 1.54) is 48.5 Å². The lowest BCUT2D eigenvalue weighted by Crippen LogP contribution is -2.49. The highest BCUT2D eigenvalue weighted by Gasteiger charge is 2.81. The van der Waals surface area contributed by atoms with Crippen LogP contribution < -0.4 is 0 Å². The summed E-state index contributed by atoms with van der Waals surface area (Å²) in [6.45, 7) is 0. The second-order valence-electron chi connectivity index (χ2n) is 6.97. The standard InChI is InChI=1S/C21H8F8S2/c22-17-13(9-5-1-3-7-11(9)30-17)15-16(20(26,27)21(28,29)19(15,24)25)14-10-6-2-4-8-12(10)31-18(14)23/h1-8H. The van der Waals surface area contributed by atoms with Gasteiger partial charge < -0.3 is 0 Å². The van der Waals surface area contributed by atoms with Gasteiger partial charge in [-0.25, -0.2) is 0 Å². The van der Waals surface area contributed by atoms with Gasteiger partial charge in [0.2, 0.25) is 0 Å². The molecule has 2 heterocycles. The van der Waals surface area contributed by atoms with E-state index in [4.69, 9.17) is 0 Å². The number of hydrogen-bond acceptors (Lipinski definition) is 2. The summed E-state index contributed by atoms with van der Waals surface area (Å²) in [6, 6.07) is 10.6. The zero-order valence-corrected chi connectivity index (χ0v) is 16.6.